The molecule has 2 heterocycles. The number of aliphatic hydroxyl groups excluding tert-OH is 1. The number of likely N-dealkylation sites (tertiary alicyclic amines) is 1. The first-order chi connectivity index (χ1) is 7.28. The SMILES string of the molecule is CCCCc1noc(CN2CC(O)C2)n1. The van der Waals surface area contributed by atoms with Gasteiger partial charge >= 0.3 is 0 Å². The number of aliphatic hydroxyl groups is 1. The number of aryl methyl sites for hydroxylation is 1. The molecule has 0 spiro atoms. The first-order valence-corrected chi connectivity index (χ1v) is 5.50. The zero-order valence-electron chi connectivity index (χ0n) is 9.02. The Morgan fingerprint density at radius 1 is 1.53 bits per heavy atom. The second kappa shape index (κ2) is 4.72. The van der Waals surface area contributed by atoms with Gasteiger partial charge in [0.15, 0.2) is 5.82 Å². The van der Waals surface area contributed by atoms with E-state index in [1.807, 2.05) is 0 Å². The number of rotatable bonds is 5. The Morgan fingerprint density at radius 2 is 2.33 bits per heavy atom. The van der Waals surface area contributed by atoms with Crippen molar-refractivity contribution in [2.75, 3.05) is 13.1 Å². The summed E-state index contributed by atoms with van der Waals surface area (Å²) in [6, 6.07) is 0. The molecule has 0 radical (unpaired) electrons. The number of unbranched alkanes of at least 4 members (excludes halogenated alkanes) is 1. The van der Waals surface area contributed by atoms with Crippen LogP contribution < -0.4 is 0 Å². The standard InChI is InChI=1S/C10H17N3O2/c1-2-3-4-9-11-10(15-12-9)7-13-5-8(14)6-13/h8,14H,2-7H2,1H3. The van der Waals surface area contributed by atoms with E-state index in [9.17, 15) is 0 Å². The van der Waals surface area contributed by atoms with E-state index in [1.54, 1.807) is 0 Å². The van der Waals surface area contributed by atoms with Crippen molar-refractivity contribution in [2.24, 2.45) is 0 Å². The molecule has 5 heteroatoms. The summed E-state index contributed by atoms with van der Waals surface area (Å²) in [6.45, 7) is 4.23. The summed E-state index contributed by atoms with van der Waals surface area (Å²) in [7, 11) is 0. The molecule has 1 saturated heterocycles. The zero-order valence-corrected chi connectivity index (χ0v) is 9.02. The Hall–Kier alpha value is -0.940. The molecule has 0 aliphatic carbocycles. The fraction of sp³-hybridized carbons (Fsp3) is 0.800. The summed E-state index contributed by atoms with van der Waals surface area (Å²) < 4.78 is 5.12. The molecule has 1 aliphatic heterocycles. The zero-order chi connectivity index (χ0) is 10.7. The fourth-order valence-electron chi connectivity index (χ4n) is 1.65. The first-order valence-electron chi connectivity index (χ1n) is 5.50. The third-order valence-electron chi connectivity index (χ3n) is 2.56. The molecule has 2 rings (SSSR count). The van der Waals surface area contributed by atoms with Crippen LogP contribution in [-0.4, -0.2) is 39.3 Å². The average molecular weight is 211 g/mol. The molecule has 0 saturated carbocycles. The van der Waals surface area contributed by atoms with Gasteiger partial charge < -0.3 is 9.63 Å². The van der Waals surface area contributed by atoms with Gasteiger partial charge in [-0.15, -0.1) is 0 Å². The minimum absolute atomic E-state index is 0.174. The predicted octanol–water partition coefficient (Wildman–Crippen LogP) is 0.589. The molecule has 0 amide bonds. The molecule has 0 bridgehead atoms. The number of aromatic nitrogens is 2. The molecular weight excluding hydrogens is 194 g/mol. The van der Waals surface area contributed by atoms with Crippen LogP contribution in [0.5, 0.6) is 0 Å². The molecule has 0 aromatic carbocycles. The van der Waals surface area contributed by atoms with E-state index in [0.717, 1.165) is 25.1 Å². The fourth-order valence-corrected chi connectivity index (χ4v) is 1.65. The molecule has 1 aliphatic rings. The van der Waals surface area contributed by atoms with Gasteiger partial charge in [0.2, 0.25) is 5.89 Å². The number of hydrogen-bond acceptors (Lipinski definition) is 5. The van der Waals surface area contributed by atoms with Crippen molar-refractivity contribution in [2.45, 2.75) is 38.8 Å². The lowest BCUT2D eigenvalue weighted by Crippen LogP contribution is -2.49. The van der Waals surface area contributed by atoms with Crippen LogP contribution in [0.2, 0.25) is 0 Å². The summed E-state index contributed by atoms with van der Waals surface area (Å²) in [5, 5.41) is 13.0. The molecule has 0 unspecified atom stereocenters. The average Bonchev–Trinajstić information content (AvgIpc) is 2.60. The van der Waals surface area contributed by atoms with Gasteiger partial charge in [-0.25, -0.2) is 0 Å². The van der Waals surface area contributed by atoms with Gasteiger partial charge in [0.1, 0.15) is 0 Å². The van der Waals surface area contributed by atoms with Crippen molar-refractivity contribution in [3.8, 4) is 0 Å². The van der Waals surface area contributed by atoms with Crippen LogP contribution in [-0.2, 0) is 13.0 Å². The Morgan fingerprint density at radius 3 is 3.00 bits per heavy atom. The summed E-state index contributed by atoms with van der Waals surface area (Å²) in [5.41, 5.74) is 0. The van der Waals surface area contributed by atoms with Gasteiger partial charge in [-0.1, -0.05) is 18.5 Å². The quantitative estimate of drug-likeness (QED) is 0.772. The van der Waals surface area contributed by atoms with Gasteiger partial charge in [0, 0.05) is 19.5 Å². The lowest BCUT2D eigenvalue weighted by Gasteiger charge is -2.34. The van der Waals surface area contributed by atoms with Crippen LogP contribution in [0, 0.1) is 0 Å². The van der Waals surface area contributed by atoms with E-state index in [4.69, 9.17) is 9.63 Å². The predicted molar refractivity (Wildman–Crippen MR) is 54.2 cm³/mol. The summed E-state index contributed by atoms with van der Waals surface area (Å²) in [4.78, 5) is 6.38. The third-order valence-corrected chi connectivity index (χ3v) is 2.56. The van der Waals surface area contributed by atoms with Crippen molar-refractivity contribution >= 4 is 0 Å². The molecule has 15 heavy (non-hydrogen) atoms. The lowest BCUT2D eigenvalue weighted by molar-refractivity contribution is -0.00806. The van der Waals surface area contributed by atoms with Crippen molar-refractivity contribution in [1.29, 1.82) is 0 Å². The highest BCUT2D eigenvalue weighted by molar-refractivity contribution is 4.89. The highest BCUT2D eigenvalue weighted by Gasteiger charge is 2.25. The van der Waals surface area contributed by atoms with Crippen LogP contribution >= 0.6 is 0 Å². The molecule has 84 valence electrons. The molecule has 1 N–H and O–H groups in total. The van der Waals surface area contributed by atoms with Gasteiger partial charge in [-0.3, -0.25) is 4.90 Å². The van der Waals surface area contributed by atoms with Crippen molar-refractivity contribution in [3.63, 3.8) is 0 Å². The Bertz CT molecular complexity index is 307. The summed E-state index contributed by atoms with van der Waals surface area (Å²) in [5.74, 6) is 1.46. The molecule has 5 nitrogen and oxygen atoms in total. The highest BCUT2D eigenvalue weighted by Crippen LogP contribution is 2.12. The van der Waals surface area contributed by atoms with E-state index in [2.05, 4.69) is 22.0 Å². The summed E-state index contributed by atoms with van der Waals surface area (Å²) >= 11 is 0. The second-order valence-electron chi connectivity index (χ2n) is 4.06. The summed E-state index contributed by atoms with van der Waals surface area (Å²) in [6.07, 6.45) is 2.96. The second-order valence-corrected chi connectivity index (χ2v) is 4.06. The normalized spacial score (nSPS) is 18.0. The van der Waals surface area contributed by atoms with Gasteiger partial charge in [0.05, 0.1) is 12.6 Å². The van der Waals surface area contributed by atoms with Crippen LogP contribution in [0.4, 0.5) is 0 Å². The Balaban J connectivity index is 1.79. The topological polar surface area (TPSA) is 62.4 Å². The lowest BCUT2D eigenvalue weighted by atomic mass is 10.2. The van der Waals surface area contributed by atoms with E-state index in [-0.39, 0.29) is 6.10 Å². The van der Waals surface area contributed by atoms with Gasteiger partial charge in [0.25, 0.3) is 0 Å². The Kier molecular flexibility index (Phi) is 3.33. The number of β-amino-alcohol motifs (C(OH)–C–C–N with tert-alkyl or cyclic N) is 1. The molecule has 0 atom stereocenters. The van der Waals surface area contributed by atoms with Crippen LogP contribution in [0.25, 0.3) is 0 Å². The Labute approximate surface area is 89.1 Å². The maximum absolute atomic E-state index is 9.11. The molecular formula is C10H17N3O2. The van der Waals surface area contributed by atoms with E-state index < -0.39 is 0 Å². The van der Waals surface area contributed by atoms with Crippen LogP contribution in [0.1, 0.15) is 31.5 Å². The minimum Gasteiger partial charge on any atom is -0.390 e. The van der Waals surface area contributed by atoms with E-state index in [1.165, 1.54) is 0 Å². The number of hydrogen-bond donors (Lipinski definition) is 1. The van der Waals surface area contributed by atoms with Crippen molar-refractivity contribution in [3.05, 3.63) is 11.7 Å². The van der Waals surface area contributed by atoms with E-state index in [0.29, 0.717) is 25.5 Å². The van der Waals surface area contributed by atoms with Crippen molar-refractivity contribution < 1.29 is 9.63 Å². The molecule has 1 aromatic rings. The number of nitrogens with zero attached hydrogens (tertiary/aromatic N) is 3. The van der Waals surface area contributed by atoms with Crippen molar-refractivity contribution in [1.82, 2.24) is 15.0 Å². The smallest absolute Gasteiger partial charge is 0.240 e. The van der Waals surface area contributed by atoms with Gasteiger partial charge in [-0.2, -0.15) is 4.98 Å². The monoisotopic (exact) mass is 211 g/mol. The largest absolute Gasteiger partial charge is 0.390 e. The minimum atomic E-state index is -0.174. The first kappa shape index (κ1) is 10.6. The van der Waals surface area contributed by atoms with Crippen LogP contribution in [0.3, 0.4) is 0 Å². The van der Waals surface area contributed by atoms with Gasteiger partial charge in [-0.05, 0) is 6.42 Å². The van der Waals surface area contributed by atoms with E-state index >= 15 is 0 Å². The molecule has 1 aromatic heterocycles. The highest BCUT2D eigenvalue weighted by atomic mass is 16.5. The maximum atomic E-state index is 9.11. The maximum Gasteiger partial charge on any atom is 0.240 e. The molecule has 1 fully saturated rings. The van der Waals surface area contributed by atoms with Crippen LogP contribution in [0.15, 0.2) is 4.52 Å². The third kappa shape index (κ3) is 2.76.